The van der Waals surface area contributed by atoms with E-state index >= 15 is 0 Å². The van der Waals surface area contributed by atoms with Gasteiger partial charge < -0.3 is 10.3 Å². The summed E-state index contributed by atoms with van der Waals surface area (Å²) in [4.78, 5) is 11.3. The lowest BCUT2D eigenvalue weighted by Gasteiger charge is -2.07. The summed E-state index contributed by atoms with van der Waals surface area (Å²) in [6.07, 6.45) is 2.97. The van der Waals surface area contributed by atoms with E-state index in [1.54, 1.807) is 11.5 Å². The van der Waals surface area contributed by atoms with Crippen molar-refractivity contribution in [2.24, 2.45) is 0 Å². The number of pyridine rings is 1. The number of sulfone groups is 1. The van der Waals surface area contributed by atoms with Crippen molar-refractivity contribution in [3.8, 4) is 0 Å². The van der Waals surface area contributed by atoms with Gasteiger partial charge in [-0.1, -0.05) is 6.92 Å². The van der Waals surface area contributed by atoms with Gasteiger partial charge in [-0.15, -0.1) is 0 Å². The molecule has 2 N–H and O–H groups in total. The molecule has 0 aliphatic rings. The number of aromatic nitrogens is 1. The maximum Gasteiger partial charge on any atom is 0.218 e. The Balaban J connectivity index is 2.88. The molecule has 0 radical (unpaired) electrons. The molecular weight excluding hydrogens is 296 g/mol. The van der Waals surface area contributed by atoms with Crippen LogP contribution in [0.25, 0.3) is 0 Å². The monoisotopic (exact) mass is 308 g/mol. The van der Waals surface area contributed by atoms with Crippen LogP contribution in [0.2, 0.25) is 0 Å². The van der Waals surface area contributed by atoms with E-state index in [0.29, 0.717) is 11.0 Å². The van der Waals surface area contributed by atoms with Crippen LogP contribution in [0.4, 0.5) is 5.69 Å². The van der Waals surface area contributed by atoms with Crippen molar-refractivity contribution in [3.05, 3.63) is 27.1 Å². The van der Waals surface area contributed by atoms with Crippen molar-refractivity contribution >= 4 is 31.5 Å². The van der Waals surface area contributed by atoms with Gasteiger partial charge in [-0.3, -0.25) is 4.79 Å². The van der Waals surface area contributed by atoms with Crippen molar-refractivity contribution in [2.75, 3.05) is 17.2 Å². The number of aryl methyl sites for hydroxylation is 1. The quantitative estimate of drug-likeness (QED) is 0.884. The standard InChI is InChI=1S/C9H13BrN2O3S/c1-2-16(14,15)4-3-12-5-7(10)9(13)8(11)6-12/h5-6H,2-4,11H2,1H3. The van der Waals surface area contributed by atoms with Crippen molar-refractivity contribution in [2.45, 2.75) is 13.5 Å². The van der Waals surface area contributed by atoms with Crippen LogP contribution in [0, 0.1) is 0 Å². The molecule has 7 heteroatoms. The van der Waals surface area contributed by atoms with Gasteiger partial charge in [0.15, 0.2) is 9.84 Å². The van der Waals surface area contributed by atoms with Gasteiger partial charge in [-0.2, -0.15) is 0 Å². The summed E-state index contributed by atoms with van der Waals surface area (Å²) >= 11 is 3.07. The van der Waals surface area contributed by atoms with Crippen LogP contribution in [0.1, 0.15) is 6.92 Å². The second kappa shape index (κ2) is 5.01. The summed E-state index contributed by atoms with van der Waals surface area (Å²) < 4.78 is 24.5. The average molecular weight is 309 g/mol. The first-order valence-electron chi connectivity index (χ1n) is 4.71. The van der Waals surface area contributed by atoms with E-state index in [2.05, 4.69) is 15.9 Å². The summed E-state index contributed by atoms with van der Waals surface area (Å²) in [5, 5.41) is 0. The largest absolute Gasteiger partial charge is 0.394 e. The minimum Gasteiger partial charge on any atom is -0.394 e. The third-order valence-corrected chi connectivity index (χ3v) is 4.41. The minimum absolute atomic E-state index is 0.0399. The first kappa shape index (κ1) is 13.2. The van der Waals surface area contributed by atoms with E-state index in [1.165, 1.54) is 12.4 Å². The second-order valence-electron chi connectivity index (χ2n) is 3.36. The van der Waals surface area contributed by atoms with E-state index < -0.39 is 9.84 Å². The number of hydrogen-bond acceptors (Lipinski definition) is 4. The number of anilines is 1. The molecule has 1 aromatic heterocycles. The number of nitrogens with two attached hydrogens (primary N) is 1. The van der Waals surface area contributed by atoms with Crippen LogP contribution >= 0.6 is 15.9 Å². The highest BCUT2D eigenvalue weighted by Gasteiger charge is 2.08. The van der Waals surface area contributed by atoms with Gasteiger partial charge in [0.2, 0.25) is 5.43 Å². The highest BCUT2D eigenvalue weighted by Crippen LogP contribution is 2.06. The number of nitrogen functional groups attached to an aromatic ring is 1. The predicted molar refractivity (Wildman–Crippen MR) is 67.1 cm³/mol. The number of hydrogen-bond donors (Lipinski definition) is 1. The Labute approximate surface area is 102 Å². The molecule has 0 bridgehead atoms. The third-order valence-electron chi connectivity index (χ3n) is 2.16. The second-order valence-corrected chi connectivity index (χ2v) is 6.69. The van der Waals surface area contributed by atoms with Gasteiger partial charge in [0.05, 0.1) is 15.9 Å². The molecule has 0 saturated carbocycles. The normalized spacial score (nSPS) is 11.6. The molecule has 0 aliphatic carbocycles. The Bertz CT molecular complexity index is 510. The summed E-state index contributed by atoms with van der Waals surface area (Å²) in [7, 11) is -3.01. The molecule has 5 nitrogen and oxygen atoms in total. The summed E-state index contributed by atoms with van der Waals surface area (Å²) in [6, 6.07) is 0. The zero-order valence-corrected chi connectivity index (χ0v) is 11.2. The SMILES string of the molecule is CCS(=O)(=O)CCn1cc(N)c(=O)c(Br)c1. The van der Waals surface area contributed by atoms with Crippen LogP contribution in [0.5, 0.6) is 0 Å². The smallest absolute Gasteiger partial charge is 0.218 e. The fraction of sp³-hybridized carbons (Fsp3) is 0.444. The molecule has 0 unspecified atom stereocenters. The van der Waals surface area contributed by atoms with Crippen LogP contribution in [0.3, 0.4) is 0 Å². The Kier molecular flexibility index (Phi) is 4.15. The lowest BCUT2D eigenvalue weighted by molar-refractivity contribution is 0.589. The summed E-state index contributed by atoms with van der Waals surface area (Å²) in [5.41, 5.74) is 5.30. The molecule has 1 rings (SSSR count). The molecule has 0 aliphatic heterocycles. The molecule has 0 fully saturated rings. The van der Waals surface area contributed by atoms with E-state index in [4.69, 9.17) is 5.73 Å². The molecule has 0 amide bonds. The fourth-order valence-electron chi connectivity index (χ4n) is 1.13. The molecule has 90 valence electrons. The minimum atomic E-state index is -3.01. The molecule has 0 atom stereocenters. The molecular formula is C9H13BrN2O3S. The zero-order valence-electron chi connectivity index (χ0n) is 8.81. The van der Waals surface area contributed by atoms with Gasteiger partial charge >= 0.3 is 0 Å². The maximum absolute atomic E-state index is 11.3. The Morgan fingerprint density at radius 3 is 2.56 bits per heavy atom. The summed E-state index contributed by atoms with van der Waals surface area (Å²) in [5.74, 6) is 0.155. The van der Waals surface area contributed by atoms with Crippen molar-refractivity contribution in [3.63, 3.8) is 0 Å². The lowest BCUT2D eigenvalue weighted by atomic mass is 10.4. The molecule has 16 heavy (non-hydrogen) atoms. The average Bonchev–Trinajstić information content (AvgIpc) is 2.23. The van der Waals surface area contributed by atoms with E-state index in [-0.39, 0.29) is 22.6 Å². The Morgan fingerprint density at radius 1 is 1.44 bits per heavy atom. The van der Waals surface area contributed by atoms with Crippen LogP contribution in [0.15, 0.2) is 21.7 Å². The van der Waals surface area contributed by atoms with Crippen LogP contribution in [-0.2, 0) is 16.4 Å². The Hall–Kier alpha value is -0.820. The fourth-order valence-corrected chi connectivity index (χ4v) is 2.40. The highest BCUT2D eigenvalue weighted by atomic mass is 79.9. The first-order chi connectivity index (χ1) is 7.35. The van der Waals surface area contributed by atoms with E-state index in [9.17, 15) is 13.2 Å². The molecule has 0 aromatic carbocycles. The van der Waals surface area contributed by atoms with E-state index in [0.717, 1.165) is 0 Å². The third kappa shape index (κ3) is 3.34. The predicted octanol–water partition coefficient (Wildman–Crippen LogP) is 0.628. The summed E-state index contributed by atoms with van der Waals surface area (Å²) in [6.45, 7) is 1.89. The molecule has 1 heterocycles. The number of nitrogens with zero attached hydrogens (tertiary/aromatic N) is 1. The van der Waals surface area contributed by atoms with Crippen LogP contribution in [-0.4, -0.2) is 24.5 Å². The molecule has 0 spiro atoms. The van der Waals surface area contributed by atoms with Gasteiger partial charge in [0.1, 0.15) is 0 Å². The van der Waals surface area contributed by atoms with Crippen LogP contribution < -0.4 is 11.2 Å². The Morgan fingerprint density at radius 2 is 2.06 bits per heavy atom. The molecule has 1 aromatic rings. The number of rotatable bonds is 4. The van der Waals surface area contributed by atoms with Crippen molar-refractivity contribution in [1.82, 2.24) is 4.57 Å². The van der Waals surface area contributed by atoms with Gasteiger partial charge in [0, 0.05) is 24.7 Å². The topological polar surface area (TPSA) is 82.2 Å². The number of halogens is 1. The maximum atomic E-state index is 11.3. The van der Waals surface area contributed by atoms with E-state index in [1.807, 2.05) is 0 Å². The van der Waals surface area contributed by atoms with Crippen molar-refractivity contribution < 1.29 is 8.42 Å². The lowest BCUT2D eigenvalue weighted by Crippen LogP contribution is -2.18. The zero-order chi connectivity index (χ0) is 12.3. The van der Waals surface area contributed by atoms with Gasteiger partial charge in [-0.05, 0) is 15.9 Å². The first-order valence-corrected chi connectivity index (χ1v) is 7.32. The van der Waals surface area contributed by atoms with Crippen molar-refractivity contribution in [1.29, 1.82) is 0 Å². The van der Waals surface area contributed by atoms with Gasteiger partial charge in [0.25, 0.3) is 0 Å². The highest BCUT2D eigenvalue weighted by molar-refractivity contribution is 9.10. The molecule has 0 saturated heterocycles. The van der Waals surface area contributed by atoms with Gasteiger partial charge in [-0.25, -0.2) is 8.42 Å².